The first kappa shape index (κ1) is 21.6. The van der Waals surface area contributed by atoms with Gasteiger partial charge in [0.25, 0.3) is 5.91 Å². The summed E-state index contributed by atoms with van der Waals surface area (Å²) in [6.45, 7) is 3.58. The lowest BCUT2D eigenvalue weighted by atomic mass is 10.1. The number of carbonyl (C=O) groups excluding carboxylic acids is 2. The molecule has 0 fully saturated rings. The van der Waals surface area contributed by atoms with Crippen LogP contribution in [-0.4, -0.2) is 39.6 Å². The van der Waals surface area contributed by atoms with Gasteiger partial charge in [-0.25, -0.2) is 9.50 Å². The first-order chi connectivity index (χ1) is 15.5. The van der Waals surface area contributed by atoms with Gasteiger partial charge < -0.3 is 14.8 Å². The van der Waals surface area contributed by atoms with E-state index in [-0.39, 0.29) is 25.5 Å². The maximum Gasteiger partial charge on any atom is 0.325 e. The van der Waals surface area contributed by atoms with E-state index in [4.69, 9.17) is 21.1 Å². The van der Waals surface area contributed by atoms with E-state index in [1.807, 2.05) is 36.4 Å². The third-order valence-electron chi connectivity index (χ3n) is 4.76. The van der Waals surface area contributed by atoms with E-state index < -0.39 is 11.9 Å². The molecule has 9 heteroatoms. The van der Waals surface area contributed by atoms with Crippen molar-refractivity contribution < 1.29 is 19.1 Å². The topological polar surface area (TPSA) is 94.8 Å². The van der Waals surface area contributed by atoms with E-state index in [9.17, 15) is 9.59 Å². The second-order valence-electron chi connectivity index (χ2n) is 7.00. The van der Waals surface area contributed by atoms with Gasteiger partial charge in [-0.05, 0) is 25.5 Å². The van der Waals surface area contributed by atoms with Crippen LogP contribution in [0, 0.1) is 6.92 Å². The van der Waals surface area contributed by atoms with Crippen LogP contribution in [0.15, 0.2) is 48.5 Å². The molecule has 0 aliphatic carbocycles. The molecule has 2 aromatic carbocycles. The van der Waals surface area contributed by atoms with E-state index in [2.05, 4.69) is 15.4 Å². The number of hydrogen-bond acceptors (Lipinski definition) is 6. The number of amides is 1. The fourth-order valence-corrected chi connectivity index (χ4v) is 3.68. The van der Waals surface area contributed by atoms with Crippen molar-refractivity contribution in [1.29, 1.82) is 0 Å². The van der Waals surface area contributed by atoms with Crippen LogP contribution in [0.25, 0.3) is 16.4 Å². The molecule has 2 aromatic heterocycles. The van der Waals surface area contributed by atoms with Crippen LogP contribution in [0.3, 0.4) is 0 Å². The number of fused-ring (bicyclic) bond motifs is 3. The van der Waals surface area contributed by atoms with E-state index in [0.29, 0.717) is 33.0 Å². The SMILES string of the molecule is CCOC(=O)CNC(=O)c1c(OCc2ccccc2)c2cccc(Cl)c2c2nc(C)nn12. The minimum Gasteiger partial charge on any atom is -0.486 e. The molecule has 0 aliphatic heterocycles. The molecule has 0 saturated heterocycles. The van der Waals surface area contributed by atoms with Gasteiger partial charge in [0.05, 0.1) is 11.6 Å². The minimum absolute atomic E-state index is 0.121. The predicted octanol–water partition coefficient (Wildman–Crippen LogP) is 3.72. The summed E-state index contributed by atoms with van der Waals surface area (Å²) < 4.78 is 12.5. The zero-order valence-corrected chi connectivity index (χ0v) is 18.3. The number of carbonyl (C=O) groups is 2. The predicted molar refractivity (Wildman–Crippen MR) is 120 cm³/mol. The number of aromatic nitrogens is 3. The summed E-state index contributed by atoms with van der Waals surface area (Å²) in [5.74, 6) is -0.323. The van der Waals surface area contributed by atoms with Gasteiger partial charge in [0.2, 0.25) is 0 Å². The maximum absolute atomic E-state index is 13.2. The summed E-state index contributed by atoms with van der Waals surface area (Å²) >= 11 is 6.51. The van der Waals surface area contributed by atoms with Gasteiger partial charge in [0.15, 0.2) is 17.1 Å². The Morgan fingerprint density at radius 3 is 2.66 bits per heavy atom. The highest BCUT2D eigenvalue weighted by molar-refractivity contribution is 6.37. The van der Waals surface area contributed by atoms with Gasteiger partial charge in [-0.1, -0.05) is 54.1 Å². The summed E-state index contributed by atoms with van der Waals surface area (Å²) in [5.41, 5.74) is 1.47. The van der Waals surface area contributed by atoms with Crippen LogP contribution in [0.1, 0.15) is 28.8 Å². The van der Waals surface area contributed by atoms with Crippen molar-refractivity contribution in [2.24, 2.45) is 0 Å². The lowest BCUT2D eigenvalue weighted by molar-refractivity contribution is -0.141. The van der Waals surface area contributed by atoms with Gasteiger partial charge in [-0.3, -0.25) is 9.59 Å². The van der Waals surface area contributed by atoms with Crippen LogP contribution in [0.4, 0.5) is 0 Å². The molecule has 0 spiro atoms. The average Bonchev–Trinajstić information content (AvgIpc) is 3.17. The van der Waals surface area contributed by atoms with Crippen molar-refractivity contribution in [3.8, 4) is 5.75 Å². The average molecular weight is 453 g/mol. The molecule has 0 bridgehead atoms. The van der Waals surface area contributed by atoms with E-state index in [1.54, 1.807) is 26.0 Å². The minimum atomic E-state index is -0.544. The van der Waals surface area contributed by atoms with Crippen molar-refractivity contribution in [3.63, 3.8) is 0 Å². The van der Waals surface area contributed by atoms with Gasteiger partial charge in [0, 0.05) is 10.8 Å². The molecule has 0 unspecified atom stereocenters. The molecule has 164 valence electrons. The van der Waals surface area contributed by atoms with Gasteiger partial charge in [-0.2, -0.15) is 5.10 Å². The summed E-state index contributed by atoms with van der Waals surface area (Å²) in [4.78, 5) is 29.5. The third kappa shape index (κ3) is 4.22. The number of benzene rings is 2. The highest BCUT2D eigenvalue weighted by Crippen LogP contribution is 2.37. The number of rotatable bonds is 7. The van der Waals surface area contributed by atoms with Crippen LogP contribution >= 0.6 is 11.6 Å². The van der Waals surface area contributed by atoms with Crippen molar-refractivity contribution in [3.05, 3.63) is 70.6 Å². The Bertz CT molecular complexity index is 1300. The second kappa shape index (κ2) is 9.23. The van der Waals surface area contributed by atoms with Crippen LogP contribution in [0.5, 0.6) is 5.75 Å². The maximum atomic E-state index is 13.2. The fraction of sp³-hybridized carbons (Fsp3) is 0.217. The number of esters is 1. The largest absolute Gasteiger partial charge is 0.486 e. The first-order valence-electron chi connectivity index (χ1n) is 10.1. The Kier molecular flexibility index (Phi) is 6.23. The van der Waals surface area contributed by atoms with Gasteiger partial charge >= 0.3 is 5.97 Å². The zero-order chi connectivity index (χ0) is 22.7. The zero-order valence-electron chi connectivity index (χ0n) is 17.6. The number of ether oxygens (including phenoxy) is 2. The quantitative estimate of drug-likeness (QED) is 0.429. The highest BCUT2D eigenvalue weighted by atomic mass is 35.5. The molecule has 1 amide bonds. The van der Waals surface area contributed by atoms with Gasteiger partial charge in [0.1, 0.15) is 19.0 Å². The highest BCUT2D eigenvalue weighted by Gasteiger charge is 2.25. The third-order valence-corrected chi connectivity index (χ3v) is 5.08. The molecule has 8 nitrogen and oxygen atoms in total. The monoisotopic (exact) mass is 452 g/mol. The molecule has 0 radical (unpaired) electrons. The summed E-state index contributed by atoms with van der Waals surface area (Å²) in [6.07, 6.45) is 0. The van der Waals surface area contributed by atoms with Crippen molar-refractivity contribution in [2.75, 3.05) is 13.2 Å². The molecule has 4 aromatic rings. The number of nitrogens with zero attached hydrogens (tertiary/aromatic N) is 3. The number of aryl methyl sites for hydroxylation is 1. The molecule has 2 heterocycles. The molecule has 32 heavy (non-hydrogen) atoms. The van der Waals surface area contributed by atoms with Crippen LogP contribution < -0.4 is 10.1 Å². The Hall–Kier alpha value is -3.65. The standard InChI is InChI=1S/C23H21ClN4O4/c1-3-31-18(29)12-25-23(30)20-21(32-13-15-8-5-4-6-9-15)16-10-7-11-17(24)19(16)22-26-14(2)27-28(20)22/h4-11H,3,12-13H2,1-2H3,(H,25,30). The Labute approximate surface area is 189 Å². The van der Waals surface area contributed by atoms with E-state index >= 15 is 0 Å². The second-order valence-corrected chi connectivity index (χ2v) is 7.40. The van der Waals surface area contributed by atoms with Crippen LogP contribution in [-0.2, 0) is 16.1 Å². The lowest BCUT2D eigenvalue weighted by Gasteiger charge is -2.16. The molecule has 4 rings (SSSR count). The molecule has 0 saturated carbocycles. The molecule has 0 atom stereocenters. The summed E-state index contributed by atoms with van der Waals surface area (Å²) in [6, 6.07) is 14.9. The molecular formula is C23H21ClN4O4. The van der Waals surface area contributed by atoms with Crippen molar-refractivity contribution in [1.82, 2.24) is 19.9 Å². The van der Waals surface area contributed by atoms with Gasteiger partial charge in [-0.15, -0.1) is 0 Å². The number of pyridine rings is 1. The Balaban J connectivity index is 1.86. The van der Waals surface area contributed by atoms with E-state index in [1.165, 1.54) is 4.52 Å². The van der Waals surface area contributed by atoms with E-state index in [0.717, 1.165) is 5.56 Å². The summed E-state index contributed by atoms with van der Waals surface area (Å²) in [7, 11) is 0. The number of nitrogens with one attached hydrogen (secondary N) is 1. The first-order valence-corrected chi connectivity index (χ1v) is 10.5. The molecular weight excluding hydrogens is 432 g/mol. The fourth-order valence-electron chi connectivity index (χ4n) is 3.42. The normalized spacial score (nSPS) is 11.0. The van der Waals surface area contributed by atoms with Crippen LogP contribution in [0.2, 0.25) is 5.02 Å². The summed E-state index contributed by atoms with van der Waals surface area (Å²) in [5, 5.41) is 8.69. The Morgan fingerprint density at radius 2 is 1.91 bits per heavy atom. The lowest BCUT2D eigenvalue weighted by Crippen LogP contribution is -2.32. The number of halogens is 1. The molecule has 1 N–H and O–H groups in total. The number of hydrogen-bond donors (Lipinski definition) is 1. The van der Waals surface area contributed by atoms with Crippen molar-refractivity contribution >= 4 is 39.9 Å². The smallest absolute Gasteiger partial charge is 0.325 e. The van der Waals surface area contributed by atoms with Crippen molar-refractivity contribution in [2.45, 2.75) is 20.5 Å². The molecule has 0 aliphatic rings. The Morgan fingerprint density at radius 1 is 1.12 bits per heavy atom.